The van der Waals surface area contributed by atoms with Gasteiger partial charge in [0.2, 0.25) is 0 Å². The minimum absolute atomic E-state index is 0.880. The van der Waals surface area contributed by atoms with Crippen LogP contribution in [-0.4, -0.2) is 11.1 Å². The molecule has 1 N–H and O–H groups in total. The number of halogens is 2. The molecule has 1 aromatic rings. The molecular weight excluding hydrogens is 359 g/mol. The predicted molar refractivity (Wildman–Crippen MR) is 68.3 cm³/mol. The largest absolute Gasteiger partial charge is 0.478 e. The smallest absolute Gasteiger partial charge is 0.328 e. The minimum Gasteiger partial charge on any atom is -0.478 e. The van der Waals surface area contributed by atoms with E-state index in [1.165, 1.54) is 0 Å². The highest BCUT2D eigenvalue weighted by atomic mass is 127. The molecule has 0 spiro atoms. The fraction of sp³-hybridized carbons (Fsp3) is 0.100. The molecule has 74 valence electrons. The number of aliphatic carboxylic acids is 1. The van der Waals surface area contributed by atoms with E-state index in [0.717, 1.165) is 25.2 Å². The van der Waals surface area contributed by atoms with Crippen molar-refractivity contribution in [3.8, 4) is 0 Å². The van der Waals surface area contributed by atoms with Crippen LogP contribution in [0.25, 0.3) is 6.08 Å². The van der Waals surface area contributed by atoms with Crippen LogP contribution in [0.5, 0.6) is 0 Å². The summed E-state index contributed by atoms with van der Waals surface area (Å²) in [5.41, 5.74) is 2.02. The molecule has 0 amide bonds. The van der Waals surface area contributed by atoms with Crippen molar-refractivity contribution in [3.63, 3.8) is 0 Å². The van der Waals surface area contributed by atoms with Gasteiger partial charge in [0.15, 0.2) is 0 Å². The van der Waals surface area contributed by atoms with E-state index >= 15 is 0 Å². The van der Waals surface area contributed by atoms with Gasteiger partial charge < -0.3 is 5.11 Å². The Kier molecular flexibility index (Phi) is 4.12. The standard InChI is InChI=1S/C10H8BrIO2/c1-6-4-7(2-3-10(13)14)8(11)5-9(6)12/h2-5H,1H3,(H,13,14)/b3-2+. The van der Waals surface area contributed by atoms with E-state index in [1.54, 1.807) is 6.08 Å². The average molecular weight is 367 g/mol. The zero-order valence-electron chi connectivity index (χ0n) is 7.42. The topological polar surface area (TPSA) is 37.3 Å². The van der Waals surface area contributed by atoms with Gasteiger partial charge in [-0.2, -0.15) is 0 Å². The molecule has 0 unspecified atom stereocenters. The van der Waals surface area contributed by atoms with E-state index in [4.69, 9.17) is 5.11 Å². The van der Waals surface area contributed by atoms with E-state index in [2.05, 4.69) is 38.5 Å². The van der Waals surface area contributed by atoms with Crippen LogP contribution in [0.3, 0.4) is 0 Å². The summed E-state index contributed by atoms with van der Waals surface area (Å²) in [6.45, 7) is 1.99. The quantitative estimate of drug-likeness (QED) is 0.642. The summed E-state index contributed by atoms with van der Waals surface area (Å²) in [7, 11) is 0. The number of rotatable bonds is 2. The Hall–Kier alpha value is -0.360. The van der Waals surface area contributed by atoms with E-state index in [9.17, 15) is 4.79 Å². The van der Waals surface area contributed by atoms with Crippen molar-refractivity contribution in [2.24, 2.45) is 0 Å². The van der Waals surface area contributed by atoms with Crippen LogP contribution in [0.1, 0.15) is 11.1 Å². The van der Waals surface area contributed by atoms with Gasteiger partial charge in [0.05, 0.1) is 0 Å². The van der Waals surface area contributed by atoms with Crippen molar-refractivity contribution in [3.05, 3.63) is 37.4 Å². The van der Waals surface area contributed by atoms with Gasteiger partial charge in [0, 0.05) is 14.1 Å². The van der Waals surface area contributed by atoms with Crippen molar-refractivity contribution in [1.29, 1.82) is 0 Å². The molecule has 0 aliphatic carbocycles. The second-order valence-electron chi connectivity index (χ2n) is 2.79. The van der Waals surface area contributed by atoms with E-state index in [1.807, 2.05) is 19.1 Å². The lowest BCUT2D eigenvalue weighted by Crippen LogP contribution is -1.88. The van der Waals surface area contributed by atoms with Gasteiger partial charge in [0.1, 0.15) is 0 Å². The maximum absolute atomic E-state index is 10.3. The summed E-state index contributed by atoms with van der Waals surface area (Å²) in [6, 6.07) is 3.92. The summed E-state index contributed by atoms with van der Waals surface area (Å²) >= 11 is 5.62. The highest BCUT2D eigenvalue weighted by Crippen LogP contribution is 2.24. The number of hydrogen-bond donors (Lipinski definition) is 1. The Balaban J connectivity index is 3.10. The summed E-state index contributed by atoms with van der Waals surface area (Å²) in [5.74, 6) is -0.937. The van der Waals surface area contributed by atoms with Crippen molar-refractivity contribution in [2.75, 3.05) is 0 Å². The zero-order valence-corrected chi connectivity index (χ0v) is 11.2. The van der Waals surface area contributed by atoms with Crippen LogP contribution in [0.4, 0.5) is 0 Å². The minimum atomic E-state index is -0.937. The van der Waals surface area contributed by atoms with Crippen LogP contribution < -0.4 is 0 Å². The predicted octanol–water partition coefficient (Wildman–Crippen LogP) is 3.46. The number of aryl methyl sites for hydroxylation is 1. The summed E-state index contributed by atoms with van der Waals surface area (Å²) in [5, 5.41) is 8.49. The first-order valence-electron chi connectivity index (χ1n) is 3.87. The Bertz CT molecular complexity index is 399. The Morgan fingerprint density at radius 2 is 2.21 bits per heavy atom. The van der Waals surface area contributed by atoms with Crippen LogP contribution in [0, 0.1) is 10.5 Å². The molecule has 1 aromatic carbocycles. The summed E-state index contributed by atoms with van der Waals surface area (Å²) in [4.78, 5) is 10.3. The lowest BCUT2D eigenvalue weighted by atomic mass is 10.1. The van der Waals surface area contributed by atoms with E-state index < -0.39 is 5.97 Å². The molecule has 2 nitrogen and oxygen atoms in total. The molecule has 0 aliphatic rings. The SMILES string of the molecule is Cc1cc(/C=C/C(=O)O)c(Br)cc1I. The van der Waals surface area contributed by atoms with Crippen LogP contribution in [-0.2, 0) is 4.79 Å². The average Bonchev–Trinajstić information content (AvgIpc) is 2.09. The van der Waals surface area contributed by atoms with Gasteiger partial charge in [-0.3, -0.25) is 0 Å². The Labute approximate surface area is 104 Å². The molecule has 0 saturated carbocycles. The highest BCUT2D eigenvalue weighted by Gasteiger charge is 2.01. The van der Waals surface area contributed by atoms with Gasteiger partial charge in [-0.1, -0.05) is 15.9 Å². The third-order valence-corrected chi connectivity index (χ3v) is 3.53. The second-order valence-corrected chi connectivity index (χ2v) is 4.81. The lowest BCUT2D eigenvalue weighted by molar-refractivity contribution is -0.131. The van der Waals surface area contributed by atoms with Gasteiger partial charge in [-0.05, 0) is 58.9 Å². The molecule has 14 heavy (non-hydrogen) atoms. The van der Waals surface area contributed by atoms with Gasteiger partial charge >= 0.3 is 5.97 Å². The summed E-state index contributed by atoms with van der Waals surface area (Å²) in [6.07, 6.45) is 2.71. The number of benzene rings is 1. The third kappa shape index (κ3) is 3.09. The molecule has 0 heterocycles. The molecule has 4 heteroatoms. The maximum atomic E-state index is 10.3. The molecule has 0 aliphatic heterocycles. The van der Waals surface area contributed by atoms with Gasteiger partial charge in [0.25, 0.3) is 0 Å². The summed E-state index contributed by atoms with van der Waals surface area (Å²) < 4.78 is 2.06. The normalized spacial score (nSPS) is 10.8. The number of carboxylic acid groups (broad SMARTS) is 1. The van der Waals surface area contributed by atoms with Crippen molar-refractivity contribution in [2.45, 2.75) is 6.92 Å². The Morgan fingerprint density at radius 1 is 1.57 bits per heavy atom. The highest BCUT2D eigenvalue weighted by molar-refractivity contribution is 14.1. The molecule has 0 radical (unpaired) electrons. The van der Waals surface area contributed by atoms with E-state index in [0.29, 0.717) is 0 Å². The molecule has 1 rings (SSSR count). The van der Waals surface area contributed by atoms with Crippen molar-refractivity contribution in [1.82, 2.24) is 0 Å². The molecule has 0 saturated heterocycles. The van der Waals surface area contributed by atoms with Crippen molar-refractivity contribution < 1.29 is 9.90 Å². The first-order valence-corrected chi connectivity index (χ1v) is 5.74. The van der Waals surface area contributed by atoms with Crippen LogP contribution in [0.2, 0.25) is 0 Å². The fourth-order valence-corrected chi connectivity index (χ4v) is 2.34. The maximum Gasteiger partial charge on any atom is 0.328 e. The zero-order chi connectivity index (χ0) is 10.7. The first-order chi connectivity index (χ1) is 6.50. The molecule has 0 atom stereocenters. The van der Waals surface area contributed by atoms with Gasteiger partial charge in [-0.15, -0.1) is 0 Å². The van der Waals surface area contributed by atoms with E-state index in [-0.39, 0.29) is 0 Å². The first kappa shape index (κ1) is 11.7. The number of carbonyl (C=O) groups is 1. The second kappa shape index (κ2) is 4.93. The molecule has 0 bridgehead atoms. The number of carboxylic acids is 1. The van der Waals surface area contributed by atoms with Gasteiger partial charge in [-0.25, -0.2) is 4.79 Å². The Morgan fingerprint density at radius 3 is 2.79 bits per heavy atom. The lowest BCUT2D eigenvalue weighted by Gasteiger charge is -2.02. The fourth-order valence-electron chi connectivity index (χ4n) is 0.968. The van der Waals surface area contributed by atoms with Crippen LogP contribution in [0.15, 0.2) is 22.7 Å². The number of hydrogen-bond acceptors (Lipinski definition) is 1. The third-order valence-electron chi connectivity index (χ3n) is 1.68. The van der Waals surface area contributed by atoms with Crippen LogP contribution >= 0.6 is 38.5 Å². The molecule has 0 fully saturated rings. The monoisotopic (exact) mass is 366 g/mol. The van der Waals surface area contributed by atoms with Crippen molar-refractivity contribution >= 4 is 50.6 Å². The molecule has 0 aromatic heterocycles. The molecular formula is C10H8BrIO2.